The Labute approximate surface area is 213 Å². The number of aromatic carboxylic acids is 2. The molecule has 2 aromatic heterocycles. The molecule has 5 rings (SSSR count). The molecule has 11 heteroatoms. The number of nitriles is 1. The molecule has 0 aliphatic rings. The molecule has 3 N–H and O–H groups in total. The van der Waals surface area contributed by atoms with Crippen LogP contribution in [0.5, 0.6) is 0 Å². The fourth-order valence-corrected chi connectivity index (χ4v) is 4.02. The third kappa shape index (κ3) is 4.82. The van der Waals surface area contributed by atoms with Crippen LogP contribution in [0.1, 0.15) is 31.8 Å². The normalized spacial score (nSPS) is 10.4. The Bertz CT molecular complexity index is 1830. The van der Waals surface area contributed by atoms with Gasteiger partial charge in [-0.25, -0.2) is 9.59 Å². The zero-order chi connectivity index (χ0) is 27.6. The van der Waals surface area contributed by atoms with Gasteiger partial charge in [-0.15, -0.1) is 0 Å². The molecule has 0 amide bonds. The van der Waals surface area contributed by atoms with Crippen molar-refractivity contribution in [1.29, 1.82) is 5.26 Å². The van der Waals surface area contributed by atoms with Gasteiger partial charge in [-0.3, -0.25) is 19.5 Å². The highest BCUT2D eigenvalue weighted by atomic mass is 16.6. The monoisotopic (exact) mass is 510 g/mol. The van der Waals surface area contributed by atoms with Crippen LogP contribution in [0.2, 0.25) is 0 Å². The lowest BCUT2D eigenvalue weighted by Gasteiger charge is -2.09. The van der Waals surface area contributed by atoms with Crippen molar-refractivity contribution in [3.05, 3.63) is 116 Å². The smallest absolute Gasteiger partial charge is 0.335 e. The molecule has 0 atom stereocenters. The molecule has 5 aromatic rings. The minimum Gasteiger partial charge on any atom is -0.478 e. The van der Waals surface area contributed by atoms with Crippen molar-refractivity contribution in [3.63, 3.8) is 0 Å². The molecule has 0 saturated heterocycles. The average Bonchev–Trinajstić information content (AvgIpc) is 3.26. The van der Waals surface area contributed by atoms with Gasteiger partial charge in [-0.1, -0.05) is 24.3 Å². The van der Waals surface area contributed by atoms with Crippen molar-refractivity contribution < 1.29 is 24.7 Å². The number of hydrogen-bond acceptors (Lipinski definition) is 6. The predicted octanol–water partition coefficient (Wildman–Crippen LogP) is 4.64. The number of benzene rings is 3. The van der Waals surface area contributed by atoms with Gasteiger partial charge < -0.3 is 15.2 Å². The second-order valence-corrected chi connectivity index (χ2v) is 8.22. The van der Waals surface area contributed by atoms with Crippen LogP contribution in [0.25, 0.3) is 27.6 Å². The molecule has 0 radical (unpaired) electrons. The van der Waals surface area contributed by atoms with Crippen LogP contribution in [0.4, 0.5) is 5.69 Å². The second kappa shape index (κ2) is 10.1. The van der Waals surface area contributed by atoms with Gasteiger partial charge in [-0.05, 0) is 48.9 Å². The molecule has 0 fully saturated rings. The Kier molecular flexibility index (Phi) is 6.72. The number of nitro benzene ring substituents is 1. The number of nitrogens with zero attached hydrogens (tertiary/aromatic N) is 3. The quantitative estimate of drug-likeness (QED) is 0.231. The number of fused-ring (bicyclic) bond motifs is 3. The Hall–Kier alpha value is -5.76. The predicted molar refractivity (Wildman–Crippen MR) is 138 cm³/mol. The van der Waals surface area contributed by atoms with Crippen LogP contribution in [-0.2, 0) is 0 Å². The van der Waals surface area contributed by atoms with E-state index in [1.54, 1.807) is 13.0 Å². The summed E-state index contributed by atoms with van der Waals surface area (Å²) in [7, 11) is 0. The summed E-state index contributed by atoms with van der Waals surface area (Å²) in [6.07, 6.45) is 0. The number of rotatable bonds is 4. The van der Waals surface area contributed by atoms with E-state index in [0.29, 0.717) is 22.3 Å². The molecule has 0 aliphatic heterocycles. The molecule has 0 unspecified atom stereocenters. The van der Waals surface area contributed by atoms with E-state index < -0.39 is 22.4 Å². The molecule has 11 nitrogen and oxygen atoms in total. The number of carboxylic acids is 2. The summed E-state index contributed by atoms with van der Waals surface area (Å²) in [5, 5.41) is 38.4. The van der Waals surface area contributed by atoms with Crippen molar-refractivity contribution >= 4 is 39.6 Å². The molecular weight excluding hydrogens is 492 g/mol. The van der Waals surface area contributed by atoms with E-state index in [4.69, 9.17) is 10.2 Å². The van der Waals surface area contributed by atoms with Crippen molar-refractivity contribution in [2.75, 3.05) is 0 Å². The van der Waals surface area contributed by atoms with Crippen molar-refractivity contribution in [3.8, 4) is 11.8 Å². The molecule has 0 spiro atoms. The lowest BCUT2D eigenvalue weighted by Crippen LogP contribution is -2.21. The number of H-pyrrole nitrogens is 1. The Balaban J connectivity index is 0.000000219. The molecule has 0 aliphatic carbocycles. The number of carboxylic acid groups (broad SMARTS) is 2. The van der Waals surface area contributed by atoms with Gasteiger partial charge in [0.05, 0.1) is 32.8 Å². The van der Waals surface area contributed by atoms with Gasteiger partial charge in [0, 0.05) is 23.0 Å². The molecule has 3 aromatic carbocycles. The number of hydrogen-bond donors (Lipinski definition) is 3. The molecule has 0 saturated carbocycles. The summed E-state index contributed by atoms with van der Waals surface area (Å²) < 4.78 is 1.35. The first-order chi connectivity index (χ1) is 18.1. The highest BCUT2D eigenvalue weighted by Crippen LogP contribution is 2.27. The van der Waals surface area contributed by atoms with E-state index >= 15 is 0 Å². The largest absolute Gasteiger partial charge is 0.478 e. The fourth-order valence-electron chi connectivity index (χ4n) is 4.02. The third-order valence-corrected chi connectivity index (χ3v) is 5.64. The topological polar surface area (TPSA) is 179 Å². The minimum atomic E-state index is -1.12. The lowest BCUT2D eigenvalue weighted by molar-refractivity contribution is -0.384. The van der Waals surface area contributed by atoms with E-state index in [1.807, 2.05) is 30.3 Å². The van der Waals surface area contributed by atoms with E-state index in [9.17, 15) is 29.8 Å². The summed E-state index contributed by atoms with van der Waals surface area (Å²) in [6, 6.07) is 20.6. The maximum Gasteiger partial charge on any atom is 0.335 e. The van der Waals surface area contributed by atoms with Crippen molar-refractivity contribution in [2.45, 2.75) is 6.92 Å². The van der Waals surface area contributed by atoms with Crippen molar-refractivity contribution in [2.24, 2.45) is 0 Å². The molecule has 2 heterocycles. The zero-order valence-corrected chi connectivity index (χ0v) is 19.7. The van der Waals surface area contributed by atoms with E-state index in [2.05, 4.69) is 4.98 Å². The number of nitrogens with one attached hydrogen (secondary N) is 1. The second-order valence-electron chi connectivity index (χ2n) is 8.22. The maximum atomic E-state index is 12.8. The first kappa shape index (κ1) is 25.3. The maximum absolute atomic E-state index is 12.8. The molecule has 38 heavy (non-hydrogen) atoms. The molecular formula is C27H18N4O7. The van der Waals surface area contributed by atoms with Crippen LogP contribution < -0.4 is 5.56 Å². The highest BCUT2D eigenvalue weighted by Gasteiger charge is 2.17. The first-order valence-electron chi connectivity index (χ1n) is 11.0. The average molecular weight is 510 g/mol. The van der Waals surface area contributed by atoms with Gasteiger partial charge in [-0.2, -0.15) is 5.26 Å². The van der Waals surface area contributed by atoms with Crippen LogP contribution in [-0.4, -0.2) is 36.6 Å². The number of carbonyl (C=O) groups is 2. The number of non-ortho nitro benzene ring substituents is 1. The van der Waals surface area contributed by atoms with E-state index in [-0.39, 0.29) is 22.4 Å². The summed E-state index contributed by atoms with van der Waals surface area (Å²) in [6.45, 7) is 1.65. The SMILES string of the molecule is Cc1cc(C(=O)O)cc(C(=O)O)c1.N#Cc1cc2[nH]c3ccccc3c2n(-c2cccc([N+](=O)[O-])c2)c1=O. The summed E-state index contributed by atoms with van der Waals surface area (Å²) >= 11 is 0. The third-order valence-electron chi connectivity index (χ3n) is 5.64. The molecule has 0 bridgehead atoms. The number of aromatic amines is 1. The number of aryl methyl sites for hydroxylation is 1. The number of aromatic nitrogens is 2. The summed E-state index contributed by atoms with van der Waals surface area (Å²) in [5.74, 6) is -2.24. The van der Waals surface area contributed by atoms with Crippen LogP contribution in [0, 0.1) is 28.4 Å². The minimum absolute atomic E-state index is 0.00241. The standard InChI is InChI=1S/C18H10N4O3.C9H8O4/c19-10-11-8-16-17(14-6-1-2-7-15(14)20-16)21(18(11)23)12-4-3-5-13(9-12)22(24)25;1-5-2-6(8(10)11)4-7(3-5)9(12)13/h1-9,20H;2-4H,1H3,(H,10,11)(H,12,13). The van der Waals surface area contributed by atoms with Gasteiger partial charge in [0.2, 0.25) is 0 Å². The fraction of sp³-hybridized carbons (Fsp3) is 0.0370. The van der Waals surface area contributed by atoms with Gasteiger partial charge >= 0.3 is 11.9 Å². The van der Waals surface area contributed by atoms with Gasteiger partial charge in [0.1, 0.15) is 11.6 Å². The summed E-state index contributed by atoms with van der Waals surface area (Å²) in [4.78, 5) is 47.6. The summed E-state index contributed by atoms with van der Waals surface area (Å²) in [5.41, 5.74) is 2.29. The van der Waals surface area contributed by atoms with E-state index in [0.717, 1.165) is 17.0 Å². The van der Waals surface area contributed by atoms with Gasteiger partial charge in [0.25, 0.3) is 11.2 Å². The van der Waals surface area contributed by atoms with Crippen molar-refractivity contribution in [1.82, 2.24) is 9.55 Å². The number of nitro groups is 1. The molecule has 188 valence electrons. The van der Waals surface area contributed by atoms with E-state index in [1.165, 1.54) is 41.0 Å². The first-order valence-corrected chi connectivity index (χ1v) is 11.0. The van der Waals surface area contributed by atoms with Crippen LogP contribution in [0.3, 0.4) is 0 Å². The van der Waals surface area contributed by atoms with Crippen LogP contribution >= 0.6 is 0 Å². The number of para-hydroxylation sites is 1. The Morgan fingerprint density at radius 2 is 1.61 bits per heavy atom. The zero-order valence-electron chi connectivity index (χ0n) is 19.7. The lowest BCUT2D eigenvalue weighted by atomic mass is 10.1. The van der Waals surface area contributed by atoms with Gasteiger partial charge in [0.15, 0.2) is 0 Å². The highest BCUT2D eigenvalue weighted by molar-refractivity contribution is 6.06. The van der Waals surface area contributed by atoms with Crippen LogP contribution in [0.15, 0.2) is 77.6 Å². The Morgan fingerprint density at radius 3 is 2.21 bits per heavy atom. The number of pyridine rings is 1. The Morgan fingerprint density at radius 1 is 0.947 bits per heavy atom.